The fourth-order valence-corrected chi connectivity index (χ4v) is 4.27. The molecule has 0 spiro atoms. The van der Waals surface area contributed by atoms with Crippen LogP contribution in [0.5, 0.6) is 5.75 Å². The van der Waals surface area contributed by atoms with E-state index in [1.54, 1.807) is 56.6 Å². The van der Waals surface area contributed by atoms with Crippen LogP contribution in [0, 0.1) is 5.41 Å². The average Bonchev–Trinajstić information content (AvgIpc) is 2.92. The molecule has 1 unspecified atom stereocenters. The highest BCUT2D eigenvalue weighted by molar-refractivity contribution is 6.30. The van der Waals surface area contributed by atoms with Crippen molar-refractivity contribution in [2.24, 2.45) is 5.41 Å². The zero-order valence-electron chi connectivity index (χ0n) is 20.3. The lowest BCUT2D eigenvalue weighted by Gasteiger charge is -2.29. The zero-order chi connectivity index (χ0) is 25.3. The Morgan fingerprint density at radius 3 is 2.69 bits per heavy atom. The van der Waals surface area contributed by atoms with Crippen LogP contribution in [0.2, 0.25) is 5.02 Å². The van der Waals surface area contributed by atoms with Gasteiger partial charge in [-0.05, 0) is 56.8 Å². The van der Waals surface area contributed by atoms with Gasteiger partial charge in [0.1, 0.15) is 17.7 Å². The van der Waals surface area contributed by atoms with Crippen LogP contribution in [-0.4, -0.2) is 48.7 Å². The maximum absolute atomic E-state index is 13.2. The number of halogens is 1. The second kappa shape index (κ2) is 9.69. The van der Waals surface area contributed by atoms with Gasteiger partial charge >= 0.3 is 0 Å². The molecule has 0 saturated carbocycles. The Bertz CT molecular complexity index is 1250. The molecular formula is C25H29ClN6O3. The average molecular weight is 497 g/mol. The monoisotopic (exact) mass is 496 g/mol. The first-order valence-corrected chi connectivity index (χ1v) is 11.5. The van der Waals surface area contributed by atoms with Crippen LogP contribution in [0.3, 0.4) is 0 Å². The quantitative estimate of drug-likeness (QED) is 0.436. The third-order valence-corrected chi connectivity index (χ3v) is 6.22. The van der Waals surface area contributed by atoms with Gasteiger partial charge in [0.05, 0.1) is 24.4 Å². The van der Waals surface area contributed by atoms with Crippen LogP contribution in [0.25, 0.3) is 0 Å². The zero-order valence-corrected chi connectivity index (χ0v) is 21.1. The van der Waals surface area contributed by atoms with E-state index in [-0.39, 0.29) is 5.91 Å². The van der Waals surface area contributed by atoms with Crippen molar-refractivity contribution in [1.82, 2.24) is 15.3 Å². The minimum absolute atomic E-state index is 0.0343. The first-order chi connectivity index (χ1) is 16.6. The van der Waals surface area contributed by atoms with E-state index >= 15 is 0 Å². The van der Waals surface area contributed by atoms with Crippen molar-refractivity contribution in [3.8, 4) is 5.75 Å². The number of ether oxygens (including phenoxy) is 1. The molecule has 0 radical (unpaired) electrons. The maximum Gasteiger partial charge on any atom is 0.234 e. The highest BCUT2D eigenvalue weighted by Gasteiger charge is 2.39. The molecule has 0 saturated heterocycles. The van der Waals surface area contributed by atoms with Gasteiger partial charge in [-0.25, -0.2) is 4.98 Å². The van der Waals surface area contributed by atoms with E-state index in [2.05, 4.69) is 15.6 Å². The second-order valence-corrected chi connectivity index (χ2v) is 9.43. The summed E-state index contributed by atoms with van der Waals surface area (Å²) in [5, 5.41) is 16.7. The molecule has 0 aliphatic carbocycles. The summed E-state index contributed by atoms with van der Waals surface area (Å²) >= 11 is 6.29. The molecule has 1 aliphatic rings. The minimum atomic E-state index is -0.815. The lowest BCUT2D eigenvalue weighted by molar-refractivity contribution is -0.125. The van der Waals surface area contributed by atoms with Gasteiger partial charge in [-0.2, -0.15) is 4.98 Å². The van der Waals surface area contributed by atoms with Crippen LogP contribution >= 0.6 is 11.6 Å². The van der Waals surface area contributed by atoms with E-state index in [0.717, 1.165) is 5.69 Å². The van der Waals surface area contributed by atoms with Gasteiger partial charge in [-0.3, -0.25) is 10.1 Å². The molecule has 1 aliphatic heterocycles. The van der Waals surface area contributed by atoms with Crippen molar-refractivity contribution in [3.05, 3.63) is 59.2 Å². The van der Waals surface area contributed by atoms with E-state index in [4.69, 9.17) is 21.3 Å². The van der Waals surface area contributed by atoms with Gasteiger partial charge < -0.3 is 25.0 Å². The molecule has 10 heteroatoms. The predicted molar refractivity (Wildman–Crippen MR) is 138 cm³/mol. The third-order valence-electron chi connectivity index (χ3n) is 5.99. The summed E-state index contributed by atoms with van der Waals surface area (Å²) in [5.41, 5.74) is 2.02. The molecule has 4 rings (SSSR count). The Balaban J connectivity index is 1.78. The van der Waals surface area contributed by atoms with E-state index in [1.807, 2.05) is 36.9 Å². The van der Waals surface area contributed by atoms with E-state index in [1.165, 1.54) is 0 Å². The molecule has 0 bridgehead atoms. The topological polar surface area (TPSA) is 103 Å². The molecular weight excluding hydrogens is 468 g/mol. The number of carbonyl (C=O) groups excluding carboxylic acids is 1. The highest BCUT2D eigenvalue weighted by Crippen LogP contribution is 2.41. The summed E-state index contributed by atoms with van der Waals surface area (Å²) in [5.74, 6) is 1.40. The fraction of sp³-hybridized carbons (Fsp3) is 0.320. The van der Waals surface area contributed by atoms with Gasteiger partial charge in [0.25, 0.3) is 0 Å². The first kappa shape index (κ1) is 24.7. The number of anilines is 5. The van der Waals surface area contributed by atoms with Gasteiger partial charge in [0, 0.05) is 24.3 Å². The van der Waals surface area contributed by atoms with Gasteiger partial charge in [0.2, 0.25) is 11.9 Å². The van der Waals surface area contributed by atoms with Gasteiger partial charge in [-0.15, -0.1) is 0 Å². The Morgan fingerprint density at radius 1 is 1.23 bits per heavy atom. The Labute approximate surface area is 209 Å². The van der Waals surface area contributed by atoms with Gasteiger partial charge in [0.15, 0.2) is 5.82 Å². The summed E-state index contributed by atoms with van der Waals surface area (Å²) in [7, 11) is 4.95. The molecule has 3 aromatic rings. The molecule has 1 aromatic heterocycles. The number of aromatic nitrogens is 2. The van der Waals surface area contributed by atoms with Crippen molar-refractivity contribution in [1.29, 1.82) is 0 Å². The molecule has 9 nitrogen and oxygen atoms in total. The predicted octanol–water partition coefficient (Wildman–Crippen LogP) is 4.23. The molecule has 2 heterocycles. The molecule has 0 fully saturated rings. The number of rotatable bonds is 6. The number of benzene rings is 2. The largest absolute Gasteiger partial charge is 0.495 e. The number of nitrogens with one attached hydrogen (secondary N) is 2. The molecule has 35 heavy (non-hydrogen) atoms. The van der Waals surface area contributed by atoms with Crippen LogP contribution in [-0.2, 0) is 4.79 Å². The summed E-state index contributed by atoms with van der Waals surface area (Å²) in [6, 6.07) is 12.8. The van der Waals surface area contributed by atoms with Crippen molar-refractivity contribution < 1.29 is 14.6 Å². The standard InChI is InChI=1S/C25H29ClN6O3/c1-25(2)14-32(17-8-6-7-16(26)12-17)21-19(31(4)23(25)34)13-28-24(30-21)29-18-10-9-15(22(33)27-3)11-20(18)35-5/h6-13,22,27,33H,14H2,1-5H3,(H,28,29,30). The molecule has 184 valence electrons. The number of carbonyl (C=O) groups is 1. The molecule has 2 aromatic carbocycles. The number of aliphatic hydroxyl groups is 1. The number of aliphatic hydroxyl groups excluding tert-OH is 1. The smallest absolute Gasteiger partial charge is 0.234 e. The number of nitrogens with zero attached hydrogens (tertiary/aromatic N) is 4. The Morgan fingerprint density at radius 2 is 2.00 bits per heavy atom. The minimum Gasteiger partial charge on any atom is -0.495 e. The number of fused-ring (bicyclic) bond motifs is 1. The number of hydrogen-bond donors (Lipinski definition) is 3. The van der Waals surface area contributed by atoms with Crippen LogP contribution < -0.4 is 25.2 Å². The van der Waals surface area contributed by atoms with Crippen molar-refractivity contribution in [2.75, 3.05) is 42.9 Å². The van der Waals surface area contributed by atoms with Crippen LogP contribution in [0.1, 0.15) is 25.6 Å². The lowest BCUT2D eigenvalue weighted by Crippen LogP contribution is -2.41. The summed E-state index contributed by atoms with van der Waals surface area (Å²) in [6.45, 7) is 4.22. The Hall–Kier alpha value is -3.40. The highest BCUT2D eigenvalue weighted by atomic mass is 35.5. The molecule has 3 N–H and O–H groups in total. The second-order valence-electron chi connectivity index (χ2n) is 8.99. The lowest BCUT2D eigenvalue weighted by atomic mass is 9.91. The number of methoxy groups -OCH3 is 1. The van der Waals surface area contributed by atoms with Gasteiger partial charge in [-0.1, -0.05) is 23.7 Å². The molecule has 1 amide bonds. The Kier molecular flexibility index (Phi) is 6.84. The van der Waals surface area contributed by atoms with E-state index < -0.39 is 11.6 Å². The summed E-state index contributed by atoms with van der Waals surface area (Å²) < 4.78 is 5.51. The molecule has 1 atom stereocenters. The summed E-state index contributed by atoms with van der Waals surface area (Å²) in [6.07, 6.45) is 0.817. The number of hydrogen-bond acceptors (Lipinski definition) is 8. The third kappa shape index (κ3) is 4.88. The van der Waals surface area contributed by atoms with Crippen molar-refractivity contribution >= 4 is 46.3 Å². The van der Waals surface area contributed by atoms with Crippen LogP contribution in [0.15, 0.2) is 48.7 Å². The summed E-state index contributed by atoms with van der Waals surface area (Å²) in [4.78, 5) is 26.1. The SMILES string of the molecule is CNC(O)c1ccc(Nc2ncc3c(n2)N(c2cccc(Cl)c2)CC(C)(C)C(=O)N3C)c(OC)c1. The van der Waals surface area contributed by atoms with Crippen molar-refractivity contribution in [3.63, 3.8) is 0 Å². The van der Waals surface area contributed by atoms with E-state index in [0.29, 0.717) is 46.0 Å². The maximum atomic E-state index is 13.2. The fourth-order valence-electron chi connectivity index (χ4n) is 4.09. The van der Waals surface area contributed by atoms with E-state index in [9.17, 15) is 9.90 Å². The number of amides is 1. The van der Waals surface area contributed by atoms with Crippen LogP contribution in [0.4, 0.5) is 28.8 Å². The first-order valence-electron chi connectivity index (χ1n) is 11.1. The normalized spacial score (nSPS) is 15.9. The van der Waals surface area contributed by atoms with Crippen molar-refractivity contribution in [2.45, 2.75) is 20.1 Å².